The number of ether oxygens (including phenoxy) is 1. The Morgan fingerprint density at radius 3 is 2.70 bits per heavy atom. The third-order valence-corrected chi connectivity index (χ3v) is 9.79. The van der Waals surface area contributed by atoms with E-state index in [0.717, 1.165) is 22.8 Å². The van der Waals surface area contributed by atoms with Gasteiger partial charge in [-0.2, -0.15) is 15.2 Å². The predicted octanol–water partition coefficient (Wildman–Crippen LogP) is 6.16. The van der Waals surface area contributed by atoms with Crippen LogP contribution in [-0.4, -0.2) is 87.5 Å². The number of hydrogen-bond acceptors (Lipinski definition) is 8. The fourth-order valence-corrected chi connectivity index (χ4v) is 7.64. The summed E-state index contributed by atoms with van der Waals surface area (Å²) in [5.74, 6) is -4.29. The Kier molecular flexibility index (Phi) is 7.92. The Morgan fingerprint density at radius 2 is 1.91 bits per heavy atom. The zero-order valence-corrected chi connectivity index (χ0v) is 26.2. The third-order valence-electron chi connectivity index (χ3n) is 9.47. The molecular weight excluding hydrogens is 631 g/mol. The number of aromatic nitrogens is 3. The molecule has 0 radical (unpaired) electrons. The minimum atomic E-state index is -2.80. The van der Waals surface area contributed by atoms with Crippen molar-refractivity contribution in [1.82, 2.24) is 24.8 Å². The van der Waals surface area contributed by atoms with Gasteiger partial charge in [0.2, 0.25) is 0 Å². The lowest BCUT2D eigenvalue weighted by Crippen LogP contribution is -2.55. The van der Waals surface area contributed by atoms with Gasteiger partial charge in [-0.05, 0) is 43.0 Å². The normalized spacial score (nSPS) is 22.4. The topological polar surface area (TPSA) is 98.5 Å². The van der Waals surface area contributed by atoms with E-state index in [2.05, 4.69) is 17.6 Å². The van der Waals surface area contributed by atoms with Crippen molar-refractivity contribution in [2.75, 3.05) is 44.2 Å². The number of benzene rings is 2. The van der Waals surface area contributed by atoms with Crippen LogP contribution < -0.4 is 9.64 Å². The highest BCUT2D eigenvalue weighted by molar-refractivity contribution is 6.36. The molecule has 0 bridgehead atoms. The van der Waals surface area contributed by atoms with Crippen LogP contribution in [0.5, 0.6) is 6.01 Å². The van der Waals surface area contributed by atoms with Crippen LogP contribution in [-0.2, 0) is 4.79 Å². The summed E-state index contributed by atoms with van der Waals surface area (Å²) in [5.41, 5.74) is 0.924. The molecule has 0 unspecified atom stereocenters. The van der Waals surface area contributed by atoms with Crippen molar-refractivity contribution >= 4 is 45.1 Å². The second-order valence-corrected chi connectivity index (χ2v) is 12.9. The summed E-state index contributed by atoms with van der Waals surface area (Å²) in [4.78, 5) is 31.9. The number of carbonyl (C=O) groups is 1. The van der Waals surface area contributed by atoms with Crippen LogP contribution in [0.25, 0.3) is 33.1 Å². The zero-order valence-electron chi connectivity index (χ0n) is 25.4. The van der Waals surface area contributed by atoms with Gasteiger partial charge < -0.3 is 14.5 Å². The van der Waals surface area contributed by atoms with Crippen LogP contribution in [0.1, 0.15) is 25.7 Å². The van der Waals surface area contributed by atoms with Gasteiger partial charge in [-0.15, -0.1) is 0 Å². The number of pyridine rings is 1. The Labute approximate surface area is 274 Å². The van der Waals surface area contributed by atoms with Crippen LogP contribution in [0.2, 0.25) is 5.02 Å². The smallest absolute Gasteiger partial charge is 0.320 e. The number of nitrogens with zero attached hydrogens (tertiary/aromatic N) is 7. The number of halogens is 4. The highest BCUT2D eigenvalue weighted by Crippen LogP contribution is 2.46. The molecule has 0 spiro atoms. The molecule has 2 aromatic heterocycles. The maximum Gasteiger partial charge on any atom is 0.320 e. The lowest BCUT2D eigenvalue weighted by molar-refractivity contribution is -0.131. The van der Waals surface area contributed by atoms with E-state index in [0.29, 0.717) is 40.5 Å². The second kappa shape index (κ2) is 12.0. The first-order chi connectivity index (χ1) is 22.6. The number of rotatable bonds is 7. The summed E-state index contributed by atoms with van der Waals surface area (Å²) in [6.45, 7) is 4.00. The average Bonchev–Trinajstić information content (AvgIpc) is 3.54. The molecule has 242 valence electrons. The van der Waals surface area contributed by atoms with E-state index in [4.69, 9.17) is 26.3 Å². The third kappa shape index (κ3) is 5.72. The zero-order chi connectivity index (χ0) is 32.9. The SMILES string of the molecule is C=C(F)C(=O)N1CCN(c2nc(OC[C@@]34CCCN3CC(F)(F)C4)nc3nc(-c4cccc5cccc(Cl)c45)ccc23)C[C@@H]1CC#N. The summed E-state index contributed by atoms with van der Waals surface area (Å²) >= 11 is 6.63. The monoisotopic (exact) mass is 661 g/mol. The summed E-state index contributed by atoms with van der Waals surface area (Å²) in [5, 5.41) is 12.5. The molecule has 7 rings (SSSR count). The molecule has 47 heavy (non-hydrogen) atoms. The molecule has 2 aromatic carbocycles. The van der Waals surface area contributed by atoms with Crippen molar-refractivity contribution in [3.05, 3.63) is 66.0 Å². The number of anilines is 1. The molecule has 3 aliphatic heterocycles. The molecule has 9 nitrogen and oxygen atoms in total. The minimum absolute atomic E-state index is 0.00981. The number of piperazine rings is 1. The van der Waals surface area contributed by atoms with Crippen molar-refractivity contribution in [2.24, 2.45) is 0 Å². The molecule has 1 amide bonds. The molecule has 3 aliphatic rings. The van der Waals surface area contributed by atoms with Gasteiger partial charge in [0, 0.05) is 42.0 Å². The van der Waals surface area contributed by atoms with E-state index in [9.17, 15) is 23.2 Å². The molecule has 2 atom stereocenters. The summed E-state index contributed by atoms with van der Waals surface area (Å²) in [6.07, 6.45) is 1.06. The molecule has 0 N–H and O–H groups in total. The van der Waals surface area contributed by atoms with E-state index >= 15 is 0 Å². The van der Waals surface area contributed by atoms with E-state index in [1.54, 1.807) is 4.90 Å². The lowest BCUT2D eigenvalue weighted by atomic mass is 9.94. The first kappa shape index (κ1) is 31.1. The van der Waals surface area contributed by atoms with E-state index < -0.39 is 29.2 Å². The lowest BCUT2D eigenvalue weighted by Gasteiger charge is -2.41. The Balaban J connectivity index is 1.30. The van der Waals surface area contributed by atoms with Crippen molar-refractivity contribution in [3.8, 4) is 23.3 Å². The standard InChI is InChI=1S/C34H31ClF3N7O2/c1-21(36)31(46)45-16-15-43(17-23(45)11-13-39)30-25-9-10-27(24-7-2-5-22-6-3-8-26(35)28(22)24)40-29(25)41-32(42-30)47-20-33-12-4-14-44(33)19-34(37,38)18-33/h2-3,5-10,23H,1,4,11-12,14-20H2/t23-,33-/m0/s1. The van der Waals surface area contributed by atoms with Crippen LogP contribution in [0.3, 0.4) is 0 Å². The molecule has 5 heterocycles. The quantitative estimate of drug-likeness (QED) is 0.217. The fraction of sp³-hybridized carbons (Fsp3) is 0.382. The number of amides is 1. The Hall–Kier alpha value is -4.47. The van der Waals surface area contributed by atoms with Crippen molar-refractivity contribution in [1.29, 1.82) is 5.26 Å². The molecule has 0 aliphatic carbocycles. The highest BCUT2D eigenvalue weighted by atomic mass is 35.5. The van der Waals surface area contributed by atoms with Crippen LogP contribution in [0.15, 0.2) is 60.9 Å². The molecule has 0 saturated carbocycles. The maximum atomic E-state index is 14.5. The van der Waals surface area contributed by atoms with Gasteiger partial charge in [-0.25, -0.2) is 18.2 Å². The van der Waals surface area contributed by atoms with Gasteiger partial charge in [0.25, 0.3) is 11.8 Å². The molecule has 13 heteroatoms. The van der Waals surface area contributed by atoms with Gasteiger partial charge in [0.1, 0.15) is 12.4 Å². The summed E-state index contributed by atoms with van der Waals surface area (Å²) < 4.78 is 49.0. The summed E-state index contributed by atoms with van der Waals surface area (Å²) in [7, 11) is 0. The van der Waals surface area contributed by atoms with E-state index in [-0.39, 0.29) is 51.6 Å². The minimum Gasteiger partial charge on any atom is -0.461 e. The molecule has 3 saturated heterocycles. The molecule has 3 fully saturated rings. The summed E-state index contributed by atoms with van der Waals surface area (Å²) in [6, 6.07) is 16.6. The fourth-order valence-electron chi connectivity index (χ4n) is 7.36. The van der Waals surface area contributed by atoms with E-state index in [1.165, 1.54) is 4.90 Å². The Bertz CT molecular complexity index is 1950. The largest absolute Gasteiger partial charge is 0.461 e. The van der Waals surface area contributed by atoms with Crippen molar-refractivity contribution in [3.63, 3.8) is 0 Å². The van der Waals surface area contributed by atoms with Crippen LogP contribution >= 0.6 is 11.6 Å². The second-order valence-electron chi connectivity index (χ2n) is 12.5. The predicted molar refractivity (Wildman–Crippen MR) is 172 cm³/mol. The number of carbonyl (C=O) groups excluding carboxylic acids is 1. The maximum absolute atomic E-state index is 14.5. The Morgan fingerprint density at radius 1 is 1.11 bits per heavy atom. The number of alkyl halides is 2. The van der Waals surface area contributed by atoms with Gasteiger partial charge in [0.15, 0.2) is 11.5 Å². The first-order valence-corrected chi connectivity index (χ1v) is 15.8. The van der Waals surface area contributed by atoms with Gasteiger partial charge in [0.05, 0.1) is 41.7 Å². The van der Waals surface area contributed by atoms with Gasteiger partial charge in [-0.3, -0.25) is 9.69 Å². The van der Waals surface area contributed by atoms with Crippen LogP contribution in [0.4, 0.5) is 19.0 Å². The van der Waals surface area contributed by atoms with Gasteiger partial charge >= 0.3 is 6.01 Å². The van der Waals surface area contributed by atoms with Gasteiger partial charge in [-0.1, -0.05) is 48.5 Å². The molecule has 4 aromatic rings. The average molecular weight is 662 g/mol. The number of fused-ring (bicyclic) bond motifs is 3. The van der Waals surface area contributed by atoms with Crippen molar-refractivity contribution < 1.29 is 22.7 Å². The highest BCUT2D eigenvalue weighted by Gasteiger charge is 2.57. The number of nitriles is 1. The number of hydrogen-bond donors (Lipinski definition) is 0. The van der Waals surface area contributed by atoms with E-state index in [1.807, 2.05) is 53.4 Å². The first-order valence-electron chi connectivity index (χ1n) is 15.5. The molecular formula is C34H31ClF3N7O2. The van der Waals surface area contributed by atoms with Crippen LogP contribution in [0, 0.1) is 11.3 Å². The van der Waals surface area contributed by atoms with Crippen molar-refractivity contribution in [2.45, 2.75) is 43.2 Å².